The highest BCUT2D eigenvalue weighted by Crippen LogP contribution is 2.24. The minimum Gasteiger partial charge on any atom is -0.381 e. The highest BCUT2D eigenvalue weighted by Gasteiger charge is 2.14. The van der Waals surface area contributed by atoms with Gasteiger partial charge in [-0.15, -0.1) is 0 Å². The van der Waals surface area contributed by atoms with Crippen molar-refractivity contribution in [1.29, 1.82) is 0 Å². The van der Waals surface area contributed by atoms with Crippen LogP contribution in [0.1, 0.15) is 17.0 Å². The van der Waals surface area contributed by atoms with Gasteiger partial charge in [-0.25, -0.2) is 9.97 Å². The number of nitrogen functional groups attached to an aromatic ring is 1. The minimum absolute atomic E-state index is 0.484. The second-order valence-electron chi connectivity index (χ2n) is 5.77. The molecule has 2 aromatic heterocycles. The average molecular weight is 302 g/mol. The molecule has 0 spiro atoms. The van der Waals surface area contributed by atoms with Crippen LogP contribution < -0.4 is 5.73 Å². The van der Waals surface area contributed by atoms with Gasteiger partial charge < -0.3 is 5.73 Å². The third kappa shape index (κ3) is 2.32. The summed E-state index contributed by atoms with van der Waals surface area (Å²) in [7, 11) is 0. The lowest BCUT2D eigenvalue weighted by Gasteiger charge is -2.08. The van der Waals surface area contributed by atoms with E-state index in [2.05, 4.69) is 44.7 Å². The Labute approximate surface area is 134 Å². The third-order valence-corrected chi connectivity index (χ3v) is 4.26. The Morgan fingerprint density at radius 3 is 2.48 bits per heavy atom. The van der Waals surface area contributed by atoms with E-state index in [4.69, 9.17) is 5.73 Å². The predicted molar refractivity (Wildman–Crippen MR) is 93.5 cm³/mol. The first kappa shape index (κ1) is 13.8. The molecule has 2 N–H and O–H groups in total. The molecule has 0 amide bonds. The average Bonchev–Trinajstić information content (AvgIpc) is 2.91. The molecule has 2 aromatic carbocycles. The van der Waals surface area contributed by atoms with Gasteiger partial charge in [0, 0.05) is 5.69 Å². The van der Waals surface area contributed by atoms with E-state index >= 15 is 0 Å². The summed E-state index contributed by atoms with van der Waals surface area (Å²) < 4.78 is 2.16. The van der Waals surface area contributed by atoms with E-state index in [-0.39, 0.29) is 0 Å². The summed E-state index contributed by atoms with van der Waals surface area (Å²) in [4.78, 5) is 9.12. The quantitative estimate of drug-likeness (QED) is 0.629. The number of fused-ring (bicyclic) bond motifs is 3. The van der Waals surface area contributed by atoms with Crippen LogP contribution in [0.3, 0.4) is 0 Å². The lowest BCUT2D eigenvalue weighted by Crippen LogP contribution is -2.03. The van der Waals surface area contributed by atoms with E-state index in [0.29, 0.717) is 5.82 Å². The van der Waals surface area contributed by atoms with Crippen molar-refractivity contribution in [2.75, 3.05) is 5.73 Å². The lowest BCUT2D eigenvalue weighted by atomic mass is 10.1. The Morgan fingerprint density at radius 2 is 1.65 bits per heavy atom. The summed E-state index contributed by atoms with van der Waals surface area (Å²) in [6.07, 6.45) is 1.90. The molecule has 0 unspecified atom stereocenters. The third-order valence-electron chi connectivity index (χ3n) is 4.26. The maximum atomic E-state index is 6.12. The van der Waals surface area contributed by atoms with Crippen molar-refractivity contribution in [3.8, 4) is 0 Å². The lowest BCUT2D eigenvalue weighted by molar-refractivity contribution is 0.894. The van der Waals surface area contributed by atoms with Crippen LogP contribution in [0.15, 0.2) is 54.6 Å². The fourth-order valence-corrected chi connectivity index (χ4v) is 3.12. The maximum absolute atomic E-state index is 6.12. The number of benzene rings is 2. The molecule has 0 aliphatic carbocycles. The van der Waals surface area contributed by atoms with Crippen molar-refractivity contribution in [3.05, 3.63) is 71.5 Å². The van der Waals surface area contributed by atoms with Gasteiger partial charge in [0.1, 0.15) is 0 Å². The van der Waals surface area contributed by atoms with Gasteiger partial charge in [0.25, 0.3) is 0 Å². The van der Waals surface area contributed by atoms with Crippen LogP contribution in [-0.2, 0) is 12.8 Å². The number of para-hydroxylation sites is 2. The van der Waals surface area contributed by atoms with E-state index in [1.165, 1.54) is 11.3 Å². The molecule has 4 nitrogen and oxygen atoms in total. The van der Waals surface area contributed by atoms with E-state index in [0.717, 1.165) is 35.2 Å². The Hall–Kier alpha value is -2.88. The van der Waals surface area contributed by atoms with Crippen molar-refractivity contribution >= 4 is 22.5 Å². The molecule has 2 heterocycles. The van der Waals surface area contributed by atoms with Gasteiger partial charge in [0.05, 0.1) is 16.7 Å². The SMILES string of the molecule is Cc1nc2c(N)nc3ccccc3n2c1CCc1ccccc1. The van der Waals surface area contributed by atoms with Crippen molar-refractivity contribution in [1.82, 2.24) is 14.4 Å². The number of aryl methyl sites for hydroxylation is 3. The van der Waals surface area contributed by atoms with Crippen LogP contribution in [0, 0.1) is 6.92 Å². The summed E-state index contributed by atoms with van der Waals surface area (Å²) >= 11 is 0. The first-order valence-electron chi connectivity index (χ1n) is 7.80. The van der Waals surface area contributed by atoms with E-state index in [1.54, 1.807) is 0 Å². The highest BCUT2D eigenvalue weighted by atomic mass is 15.1. The zero-order valence-corrected chi connectivity index (χ0v) is 13.0. The number of rotatable bonds is 3. The molecule has 4 heteroatoms. The predicted octanol–water partition coefficient (Wildman–Crippen LogP) is 3.56. The van der Waals surface area contributed by atoms with Crippen molar-refractivity contribution in [2.24, 2.45) is 0 Å². The molecule has 0 bridgehead atoms. The van der Waals surface area contributed by atoms with E-state index < -0.39 is 0 Å². The summed E-state index contributed by atoms with van der Waals surface area (Å²) in [5.74, 6) is 0.484. The molecule has 0 saturated heterocycles. The van der Waals surface area contributed by atoms with Crippen LogP contribution in [0.5, 0.6) is 0 Å². The molecular weight excluding hydrogens is 284 g/mol. The van der Waals surface area contributed by atoms with Gasteiger partial charge in [-0.1, -0.05) is 42.5 Å². The Morgan fingerprint density at radius 1 is 0.913 bits per heavy atom. The van der Waals surface area contributed by atoms with Crippen LogP contribution in [0.25, 0.3) is 16.7 Å². The Bertz CT molecular complexity index is 987. The van der Waals surface area contributed by atoms with Gasteiger partial charge >= 0.3 is 0 Å². The molecule has 0 aliphatic rings. The van der Waals surface area contributed by atoms with E-state index in [9.17, 15) is 0 Å². The fraction of sp³-hybridized carbons (Fsp3) is 0.158. The first-order chi connectivity index (χ1) is 11.2. The number of imidazole rings is 1. The maximum Gasteiger partial charge on any atom is 0.180 e. The molecule has 4 aromatic rings. The smallest absolute Gasteiger partial charge is 0.180 e. The molecule has 23 heavy (non-hydrogen) atoms. The molecule has 0 atom stereocenters. The van der Waals surface area contributed by atoms with E-state index in [1.807, 2.05) is 31.2 Å². The van der Waals surface area contributed by atoms with Crippen molar-refractivity contribution < 1.29 is 0 Å². The second kappa shape index (κ2) is 5.39. The van der Waals surface area contributed by atoms with Gasteiger partial charge in [0.2, 0.25) is 0 Å². The number of hydrogen-bond donors (Lipinski definition) is 1. The number of aromatic nitrogens is 3. The molecule has 0 aliphatic heterocycles. The normalized spacial score (nSPS) is 11.3. The molecular formula is C19H18N4. The number of hydrogen-bond acceptors (Lipinski definition) is 3. The molecule has 4 rings (SSSR count). The minimum atomic E-state index is 0.484. The van der Waals surface area contributed by atoms with Gasteiger partial charge in [-0.3, -0.25) is 4.40 Å². The summed E-state index contributed by atoms with van der Waals surface area (Å²) in [6, 6.07) is 18.6. The van der Waals surface area contributed by atoms with Crippen LogP contribution in [0.2, 0.25) is 0 Å². The number of anilines is 1. The molecule has 114 valence electrons. The topological polar surface area (TPSA) is 56.2 Å². The van der Waals surface area contributed by atoms with Crippen LogP contribution in [-0.4, -0.2) is 14.4 Å². The highest BCUT2D eigenvalue weighted by molar-refractivity contribution is 5.82. The fourth-order valence-electron chi connectivity index (χ4n) is 3.12. The van der Waals surface area contributed by atoms with Gasteiger partial charge in [0.15, 0.2) is 11.5 Å². The molecule has 0 radical (unpaired) electrons. The summed E-state index contributed by atoms with van der Waals surface area (Å²) in [5, 5.41) is 0. The zero-order chi connectivity index (χ0) is 15.8. The number of nitrogens with two attached hydrogens (primary N) is 1. The van der Waals surface area contributed by atoms with Crippen LogP contribution >= 0.6 is 0 Å². The standard InChI is InChI=1S/C19H18N4/c1-13-16(12-11-14-7-3-2-4-8-14)23-17-10-6-5-9-15(17)22-18(20)19(23)21-13/h2-10H,11-12H2,1H3,(H2,20,22). The zero-order valence-electron chi connectivity index (χ0n) is 13.0. The molecule has 0 fully saturated rings. The summed E-state index contributed by atoms with van der Waals surface area (Å²) in [6.45, 7) is 2.04. The van der Waals surface area contributed by atoms with Gasteiger partial charge in [-0.2, -0.15) is 0 Å². The first-order valence-corrected chi connectivity index (χ1v) is 7.80. The largest absolute Gasteiger partial charge is 0.381 e. The monoisotopic (exact) mass is 302 g/mol. The number of nitrogens with zero attached hydrogens (tertiary/aromatic N) is 3. The second-order valence-corrected chi connectivity index (χ2v) is 5.77. The Balaban J connectivity index is 1.87. The van der Waals surface area contributed by atoms with Crippen molar-refractivity contribution in [3.63, 3.8) is 0 Å². The van der Waals surface area contributed by atoms with Crippen LogP contribution in [0.4, 0.5) is 5.82 Å². The van der Waals surface area contributed by atoms with Gasteiger partial charge in [-0.05, 0) is 37.5 Å². The Kier molecular flexibility index (Phi) is 3.23. The summed E-state index contributed by atoms with van der Waals surface area (Å²) in [5.41, 5.74) is 12.4. The van der Waals surface area contributed by atoms with Crippen molar-refractivity contribution in [2.45, 2.75) is 19.8 Å². The molecule has 0 saturated carbocycles.